The lowest BCUT2D eigenvalue weighted by Gasteiger charge is -2.26. The van der Waals surface area contributed by atoms with Gasteiger partial charge < -0.3 is 10.5 Å². The number of nitrogens with two attached hydrogens (primary N) is 1. The first-order chi connectivity index (χ1) is 12.5. The number of nitrogens with zero attached hydrogens (tertiary/aromatic N) is 2. The first-order valence-electron chi connectivity index (χ1n) is 8.58. The molecule has 1 aliphatic heterocycles. The van der Waals surface area contributed by atoms with Gasteiger partial charge in [0.1, 0.15) is 16.5 Å². The molecule has 1 unspecified atom stereocenters. The molecule has 1 aliphatic rings. The van der Waals surface area contributed by atoms with Crippen molar-refractivity contribution in [2.45, 2.75) is 43.9 Å². The molecule has 26 heavy (non-hydrogen) atoms. The van der Waals surface area contributed by atoms with Crippen molar-refractivity contribution in [1.82, 2.24) is 9.97 Å². The number of fused-ring (bicyclic) bond motifs is 3. The second-order valence-electron chi connectivity index (χ2n) is 6.79. The summed E-state index contributed by atoms with van der Waals surface area (Å²) in [4.78, 5) is 11.3. The van der Waals surface area contributed by atoms with Crippen molar-refractivity contribution in [3.8, 4) is 0 Å². The third-order valence-corrected chi connectivity index (χ3v) is 6.62. The van der Waals surface area contributed by atoms with Crippen LogP contribution in [0.2, 0.25) is 0 Å². The Hall–Kier alpha value is -1.70. The molecule has 4 nitrogen and oxygen atoms in total. The smallest absolute Gasteiger partial charge is 0.191 e. The molecule has 4 rings (SSSR count). The minimum atomic E-state index is -0.230. The van der Waals surface area contributed by atoms with E-state index in [1.54, 1.807) is 23.5 Å². The minimum Gasteiger partial charge on any atom is -0.383 e. The number of thiophene rings is 1. The van der Waals surface area contributed by atoms with E-state index in [0.717, 1.165) is 22.2 Å². The maximum atomic E-state index is 13.0. The highest BCUT2D eigenvalue weighted by Gasteiger charge is 2.27. The predicted molar refractivity (Wildman–Crippen MR) is 105 cm³/mol. The molecular formula is C19H20FN3OS2. The summed E-state index contributed by atoms with van der Waals surface area (Å²) in [5, 5.41) is 1.64. The summed E-state index contributed by atoms with van der Waals surface area (Å²) in [6, 6.07) is 6.48. The maximum absolute atomic E-state index is 13.0. The Bertz CT molecular complexity index is 940. The Kier molecular flexibility index (Phi) is 4.86. The predicted octanol–water partition coefficient (Wildman–Crippen LogP) is 4.80. The zero-order chi connectivity index (χ0) is 18.3. The van der Waals surface area contributed by atoms with E-state index in [9.17, 15) is 4.39 Å². The first kappa shape index (κ1) is 17.7. The van der Waals surface area contributed by atoms with E-state index in [-0.39, 0.29) is 11.9 Å². The average molecular weight is 390 g/mol. The number of hydrogen-bond acceptors (Lipinski definition) is 6. The lowest BCUT2D eigenvalue weighted by atomic mass is 9.96. The van der Waals surface area contributed by atoms with Crippen LogP contribution in [-0.4, -0.2) is 16.1 Å². The highest BCUT2D eigenvalue weighted by Crippen LogP contribution is 2.39. The number of halogens is 1. The van der Waals surface area contributed by atoms with E-state index in [1.807, 2.05) is 0 Å². The number of hydrogen-bond donors (Lipinski definition) is 1. The summed E-state index contributed by atoms with van der Waals surface area (Å²) in [6.07, 6.45) is 1.08. The standard InChI is InChI=1S/C19H20FN3OS2/c1-10(2)14-7-13-15(8-24-14)26-18-16(13)17(21)22-19(23-18)25-9-11-3-5-12(20)6-4-11/h3-6,10,14H,7-9H2,1-2H3,(H2,21,22,23). The first-order valence-corrected chi connectivity index (χ1v) is 10.4. The van der Waals surface area contributed by atoms with Crippen LogP contribution in [0.25, 0.3) is 10.2 Å². The molecule has 2 aromatic heterocycles. The van der Waals surface area contributed by atoms with E-state index < -0.39 is 0 Å². The molecule has 136 valence electrons. The van der Waals surface area contributed by atoms with Crippen LogP contribution >= 0.6 is 23.1 Å². The fourth-order valence-corrected chi connectivity index (χ4v) is 5.10. The largest absolute Gasteiger partial charge is 0.383 e. The second-order valence-corrected chi connectivity index (χ2v) is 8.81. The van der Waals surface area contributed by atoms with Crippen molar-refractivity contribution in [2.24, 2.45) is 5.92 Å². The van der Waals surface area contributed by atoms with E-state index in [1.165, 1.54) is 34.3 Å². The lowest BCUT2D eigenvalue weighted by molar-refractivity contribution is 0.00203. The fourth-order valence-electron chi connectivity index (χ4n) is 3.11. The van der Waals surface area contributed by atoms with Crippen molar-refractivity contribution >= 4 is 39.1 Å². The van der Waals surface area contributed by atoms with Crippen molar-refractivity contribution in [3.63, 3.8) is 0 Å². The summed E-state index contributed by atoms with van der Waals surface area (Å²) >= 11 is 3.16. The van der Waals surface area contributed by atoms with Gasteiger partial charge in [-0.2, -0.15) is 0 Å². The molecule has 3 heterocycles. The molecule has 7 heteroatoms. The molecule has 0 saturated heterocycles. The minimum absolute atomic E-state index is 0.215. The summed E-state index contributed by atoms with van der Waals surface area (Å²) < 4.78 is 19.0. The topological polar surface area (TPSA) is 61.0 Å². The van der Waals surface area contributed by atoms with E-state index >= 15 is 0 Å². The van der Waals surface area contributed by atoms with Gasteiger partial charge in [-0.3, -0.25) is 0 Å². The average Bonchev–Trinajstić information content (AvgIpc) is 2.99. The molecule has 3 aromatic rings. The molecule has 0 amide bonds. The van der Waals surface area contributed by atoms with Crippen molar-refractivity contribution in [2.75, 3.05) is 5.73 Å². The van der Waals surface area contributed by atoms with Gasteiger partial charge in [0.05, 0.1) is 18.1 Å². The number of benzene rings is 1. The van der Waals surface area contributed by atoms with Crippen LogP contribution in [0.1, 0.15) is 29.9 Å². The SMILES string of the molecule is CC(C)C1Cc2c(sc3nc(SCc4ccc(F)cc4)nc(N)c23)CO1. The molecule has 0 bridgehead atoms. The Balaban J connectivity index is 1.60. The van der Waals surface area contributed by atoms with Crippen LogP contribution in [0.15, 0.2) is 29.4 Å². The van der Waals surface area contributed by atoms with Crippen molar-refractivity contribution < 1.29 is 9.13 Å². The van der Waals surface area contributed by atoms with Gasteiger partial charge in [-0.15, -0.1) is 11.3 Å². The number of thioether (sulfide) groups is 1. The van der Waals surface area contributed by atoms with Gasteiger partial charge in [0.2, 0.25) is 0 Å². The summed E-state index contributed by atoms with van der Waals surface area (Å²) in [5.74, 6) is 1.45. The maximum Gasteiger partial charge on any atom is 0.191 e. The number of nitrogen functional groups attached to an aromatic ring is 1. The molecule has 0 aliphatic carbocycles. The quantitative estimate of drug-likeness (QED) is 0.513. The zero-order valence-corrected chi connectivity index (χ0v) is 16.3. The Labute approximate surface area is 160 Å². The van der Waals surface area contributed by atoms with Crippen molar-refractivity contribution in [1.29, 1.82) is 0 Å². The Morgan fingerprint density at radius 3 is 2.81 bits per heavy atom. The molecule has 0 saturated carbocycles. The lowest BCUT2D eigenvalue weighted by Crippen LogP contribution is -2.26. The second kappa shape index (κ2) is 7.13. The molecule has 0 spiro atoms. The molecule has 2 N–H and O–H groups in total. The van der Waals surface area contributed by atoms with Gasteiger partial charge in [0.25, 0.3) is 0 Å². The monoisotopic (exact) mass is 389 g/mol. The van der Waals surface area contributed by atoms with Gasteiger partial charge in [-0.25, -0.2) is 14.4 Å². The summed E-state index contributed by atoms with van der Waals surface area (Å²) in [5.41, 5.74) is 8.57. The Morgan fingerprint density at radius 2 is 2.08 bits per heavy atom. The van der Waals surface area contributed by atoms with Gasteiger partial charge in [0, 0.05) is 17.1 Å². The molecule has 1 aromatic carbocycles. The normalized spacial score (nSPS) is 17.0. The highest BCUT2D eigenvalue weighted by atomic mass is 32.2. The van der Waals surface area contributed by atoms with Crippen LogP contribution < -0.4 is 5.73 Å². The molecular weight excluding hydrogens is 369 g/mol. The number of anilines is 1. The fraction of sp³-hybridized carbons (Fsp3) is 0.368. The van der Waals surface area contributed by atoms with Gasteiger partial charge in [-0.1, -0.05) is 37.7 Å². The number of rotatable bonds is 4. The third-order valence-electron chi connectivity index (χ3n) is 4.60. The number of ether oxygens (including phenoxy) is 1. The number of aromatic nitrogens is 2. The van der Waals surface area contributed by atoms with Crippen molar-refractivity contribution in [3.05, 3.63) is 46.1 Å². The van der Waals surface area contributed by atoms with Gasteiger partial charge >= 0.3 is 0 Å². The van der Waals surface area contributed by atoms with Crippen LogP contribution in [0.5, 0.6) is 0 Å². The Morgan fingerprint density at radius 1 is 1.31 bits per heavy atom. The van der Waals surface area contributed by atoms with Gasteiger partial charge in [0.15, 0.2) is 5.16 Å². The van der Waals surface area contributed by atoms with Crippen LogP contribution in [-0.2, 0) is 23.5 Å². The van der Waals surface area contributed by atoms with E-state index in [4.69, 9.17) is 15.5 Å². The van der Waals surface area contributed by atoms with Crippen LogP contribution in [0.4, 0.5) is 10.2 Å². The highest BCUT2D eigenvalue weighted by molar-refractivity contribution is 7.98. The van der Waals surface area contributed by atoms with E-state index in [0.29, 0.717) is 29.3 Å². The molecule has 1 atom stereocenters. The van der Waals surface area contributed by atoms with Crippen LogP contribution in [0, 0.1) is 11.7 Å². The van der Waals surface area contributed by atoms with Crippen LogP contribution in [0.3, 0.4) is 0 Å². The summed E-state index contributed by atoms with van der Waals surface area (Å²) in [6.45, 7) is 4.97. The van der Waals surface area contributed by atoms with E-state index in [2.05, 4.69) is 18.8 Å². The zero-order valence-electron chi connectivity index (χ0n) is 14.7. The molecule has 0 fully saturated rings. The molecule has 0 radical (unpaired) electrons. The van der Waals surface area contributed by atoms with Gasteiger partial charge in [-0.05, 0) is 29.2 Å². The summed E-state index contributed by atoms with van der Waals surface area (Å²) in [7, 11) is 0. The third kappa shape index (κ3) is 3.43.